The molecule has 0 amide bonds. The zero-order valence-corrected chi connectivity index (χ0v) is 15.4. The van der Waals surface area contributed by atoms with Crippen molar-refractivity contribution in [2.45, 2.75) is 65.2 Å². The molecule has 3 aliphatic carbocycles. The highest BCUT2D eigenvalue weighted by atomic mass is 16.5. The number of hydrogen-bond acceptors (Lipinski definition) is 3. The molecule has 2 saturated carbocycles. The van der Waals surface area contributed by atoms with E-state index in [1.54, 1.807) is 7.11 Å². The van der Waals surface area contributed by atoms with Gasteiger partial charge in [0.2, 0.25) is 0 Å². The second-order valence-corrected chi connectivity index (χ2v) is 8.96. The maximum absolute atomic E-state index is 12.6. The van der Waals surface area contributed by atoms with Crippen molar-refractivity contribution < 1.29 is 13.9 Å². The molecule has 4 rings (SSSR count). The molecule has 2 fully saturated rings. The van der Waals surface area contributed by atoms with Crippen molar-refractivity contribution in [2.75, 3.05) is 7.11 Å². The van der Waals surface area contributed by atoms with Crippen molar-refractivity contribution in [1.29, 1.82) is 0 Å². The van der Waals surface area contributed by atoms with E-state index < -0.39 is 0 Å². The molecule has 0 radical (unpaired) electrons. The van der Waals surface area contributed by atoms with Gasteiger partial charge in [0.15, 0.2) is 0 Å². The fourth-order valence-corrected chi connectivity index (χ4v) is 6.87. The molecule has 3 heteroatoms. The summed E-state index contributed by atoms with van der Waals surface area (Å²) in [5, 5.41) is 0. The van der Waals surface area contributed by atoms with Crippen LogP contribution >= 0.6 is 0 Å². The third-order valence-electron chi connectivity index (χ3n) is 8.10. The monoisotopic (exact) mass is 330 g/mol. The van der Waals surface area contributed by atoms with Gasteiger partial charge in [0.25, 0.3) is 0 Å². The van der Waals surface area contributed by atoms with Gasteiger partial charge in [-0.05, 0) is 73.3 Å². The normalized spacial score (nSPS) is 44.2. The summed E-state index contributed by atoms with van der Waals surface area (Å²) in [4.78, 5) is 12.6. The van der Waals surface area contributed by atoms with E-state index in [0.29, 0.717) is 17.8 Å². The van der Waals surface area contributed by atoms with Gasteiger partial charge in [-0.2, -0.15) is 0 Å². The smallest absolute Gasteiger partial charge is 0.311 e. The summed E-state index contributed by atoms with van der Waals surface area (Å²) in [6, 6.07) is 2.17. The predicted molar refractivity (Wildman–Crippen MR) is 92.6 cm³/mol. The van der Waals surface area contributed by atoms with Gasteiger partial charge in [-0.25, -0.2) is 0 Å². The van der Waals surface area contributed by atoms with Gasteiger partial charge in [-0.3, -0.25) is 4.79 Å². The molecule has 1 aromatic rings. The molecule has 0 N–H and O–H groups in total. The van der Waals surface area contributed by atoms with Crippen LogP contribution in [0.2, 0.25) is 0 Å². The molecular formula is C21H30O3. The van der Waals surface area contributed by atoms with Crippen LogP contribution in [0.5, 0.6) is 0 Å². The van der Waals surface area contributed by atoms with E-state index in [1.807, 2.05) is 6.26 Å². The number of hydrogen-bond donors (Lipinski definition) is 0. The van der Waals surface area contributed by atoms with E-state index in [9.17, 15) is 4.79 Å². The summed E-state index contributed by atoms with van der Waals surface area (Å²) < 4.78 is 11.1. The highest BCUT2D eigenvalue weighted by molar-refractivity contribution is 5.77. The standard InChI is InChI=1S/C21H30O3/c1-13-14-6-7-18-20(2,9-5-10-21(18,3)19(22)23-4)16(14)12-17-15(13)8-11-24-17/h8,11,13-14,16,18H,5-7,9-10,12H2,1-4H3/t13-,14+,16+,18-,20-,21+/m1/s1. The molecule has 3 aliphatic rings. The van der Waals surface area contributed by atoms with Gasteiger partial charge in [0.05, 0.1) is 18.8 Å². The van der Waals surface area contributed by atoms with Crippen LogP contribution in [0.25, 0.3) is 0 Å². The summed E-state index contributed by atoms with van der Waals surface area (Å²) in [6.45, 7) is 6.98. The number of fused-ring (bicyclic) bond motifs is 4. The highest BCUT2D eigenvalue weighted by Gasteiger charge is 2.60. The van der Waals surface area contributed by atoms with Gasteiger partial charge in [0, 0.05) is 6.42 Å². The first kappa shape index (κ1) is 16.2. The predicted octanol–water partition coefficient (Wildman–Crippen LogP) is 4.95. The molecule has 0 aliphatic heterocycles. The van der Waals surface area contributed by atoms with E-state index in [1.165, 1.54) is 24.2 Å². The van der Waals surface area contributed by atoms with Gasteiger partial charge < -0.3 is 9.15 Å². The van der Waals surface area contributed by atoms with Gasteiger partial charge in [-0.15, -0.1) is 0 Å². The van der Waals surface area contributed by atoms with Crippen molar-refractivity contribution in [3.8, 4) is 0 Å². The van der Waals surface area contributed by atoms with Crippen molar-refractivity contribution in [3.63, 3.8) is 0 Å². The van der Waals surface area contributed by atoms with Crippen LogP contribution in [0.3, 0.4) is 0 Å². The van der Waals surface area contributed by atoms with E-state index in [4.69, 9.17) is 9.15 Å². The van der Waals surface area contributed by atoms with Gasteiger partial charge in [-0.1, -0.05) is 20.3 Å². The first-order chi connectivity index (χ1) is 11.4. The summed E-state index contributed by atoms with van der Waals surface area (Å²) in [6.07, 6.45) is 8.61. The average Bonchev–Trinajstić information content (AvgIpc) is 3.03. The maximum atomic E-state index is 12.6. The number of esters is 1. The highest BCUT2D eigenvalue weighted by Crippen LogP contribution is 2.65. The minimum atomic E-state index is -0.320. The number of carbonyl (C=O) groups excluding carboxylic acids is 1. The number of ether oxygens (including phenoxy) is 1. The van der Waals surface area contributed by atoms with Crippen molar-refractivity contribution in [1.82, 2.24) is 0 Å². The Labute approximate surface area is 145 Å². The zero-order valence-electron chi connectivity index (χ0n) is 15.4. The largest absolute Gasteiger partial charge is 0.469 e. The summed E-state index contributed by atoms with van der Waals surface area (Å²) in [5.41, 5.74) is 1.31. The Kier molecular flexibility index (Phi) is 3.63. The molecule has 6 atom stereocenters. The molecule has 0 saturated heterocycles. The van der Waals surface area contributed by atoms with Gasteiger partial charge >= 0.3 is 5.97 Å². The second kappa shape index (κ2) is 5.37. The van der Waals surface area contributed by atoms with Crippen molar-refractivity contribution in [2.24, 2.45) is 28.6 Å². The van der Waals surface area contributed by atoms with Crippen LogP contribution < -0.4 is 0 Å². The van der Waals surface area contributed by atoms with Crippen LogP contribution in [0.1, 0.15) is 70.1 Å². The lowest BCUT2D eigenvalue weighted by atomic mass is 9.43. The Balaban J connectivity index is 1.74. The lowest BCUT2D eigenvalue weighted by molar-refractivity contribution is -0.174. The van der Waals surface area contributed by atoms with E-state index in [-0.39, 0.29) is 16.8 Å². The Morgan fingerprint density at radius 2 is 2.08 bits per heavy atom. The second-order valence-electron chi connectivity index (χ2n) is 8.96. The van der Waals surface area contributed by atoms with E-state index in [0.717, 1.165) is 31.6 Å². The molecule has 0 unspecified atom stereocenters. The van der Waals surface area contributed by atoms with E-state index >= 15 is 0 Å². The van der Waals surface area contributed by atoms with Crippen LogP contribution in [0, 0.1) is 28.6 Å². The number of carbonyl (C=O) groups is 1. The molecule has 0 spiro atoms. The zero-order chi connectivity index (χ0) is 17.1. The lowest BCUT2D eigenvalue weighted by Gasteiger charge is -2.60. The van der Waals surface area contributed by atoms with Crippen LogP contribution in [0.4, 0.5) is 0 Å². The molecule has 0 bridgehead atoms. The third-order valence-corrected chi connectivity index (χ3v) is 8.10. The fourth-order valence-electron chi connectivity index (χ4n) is 6.87. The minimum Gasteiger partial charge on any atom is -0.469 e. The topological polar surface area (TPSA) is 39.4 Å². The molecule has 24 heavy (non-hydrogen) atoms. The number of rotatable bonds is 1. The molecule has 3 nitrogen and oxygen atoms in total. The summed E-state index contributed by atoms with van der Waals surface area (Å²) in [7, 11) is 1.54. The Morgan fingerprint density at radius 1 is 1.29 bits per heavy atom. The molecule has 132 valence electrons. The Bertz CT molecular complexity index is 647. The third kappa shape index (κ3) is 1.99. The number of methoxy groups -OCH3 is 1. The molecule has 0 aromatic carbocycles. The van der Waals surface area contributed by atoms with Crippen molar-refractivity contribution >= 4 is 5.97 Å². The Hall–Kier alpha value is -1.25. The molecule has 1 aromatic heterocycles. The van der Waals surface area contributed by atoms with E-state index in [2.05, 4.69) is 26.8 Å². The average molecular weight is 330 g/mol. The van der Waals surface area contributed by atoms with Gasteiger partial charge in [0.1, 0.15) is 5.76 Å². The van der Waals surface area contributed by atoms with Crippen LogP contribution in [-0.2, 0) is 16.0 Å². The van der Waals surface area contributed by atoms with Crippen molar-refractivity contribution in [3.05, 3.63) is 23.7 Å². The minimum absolute atomic E-state index is 0.000537. The lowest BCUT2D eigenvalue weighted by Crippen LogP contribution is -2.56. The summed E-state index contributed by atoms with van der Waals surface area (Å²) >= 11 is 0. The first-order valence-electron chi connectivity index (χ1n) is 9.56. The molecular weight excluding hydrogens is 300 g/mol. The number of furan rings is 1. The van der Waals surface area contributed by atoms with Crippen LogP contribution in [-0.4, -0.2) is 13.1 Å². The Morgan fingerprint density at radius 3 is 2.83 bits per heavy atom. The fraction of sp³-hybridized carbons (Fsp3) is 0.762. The van der Waals surface area contributed by atoms with Crippen LogP contribution in [0.15, 0.2) is 16.7 Å². The quantitative estimate of drug-likeness (QED) is 0.684. The first-order valence-corrected chi connectivity index (χ1v) is 9.56. The molecule has 1 heterocycles. The SMILES string of the molecule is COC(=O)[C@@]1(C)CCC[C@@]2(C)[C@H]1CC[C@H]1[C@@H](C)c3ccoc3C[C@@H]12. The summed E-state index contributed by atoms with van der Waals surface area (Å²) in [5.74, 6) is 3.53. The maximum Gasteiger partial charge on any atom is 0.311 e.